The Hall–Kier alpha value is -1.03. The number of anilines is 1. The zero-order chi connectivity index (χ0) is 10.4. The van der Waals surface area contributed by atoms with Crippen LogP contribution in [-0.2, 0) is 0 Å². The van der Waals surface area contributed by atoms with Gasteiger partial charge >= 0.3 is 0 Å². The second-order valence-corrected chi connectivity index (χ2v) is 3.38. The molecule has 0 fully saturated rings. The van der Waals surface area contributed by atoms with Crippen LogP contribution < -0.4 is 10.1 Å². The third kappa shape index (κ3) is 3.79. The minimum atomic E-state index is 0.116. The predicted molar refractivity (Wildman–Crippen MR) is 57.0 cm³/mol. The summed E-state index contributed by atoms with van der Waals surface area (Å²) >= 11 is 5.53. The zero-order valence-corrected chi connectivity index (χ0v) is 9.08. The van der Waals surface area contributed by atoms with Gasteiger partial charge in [0, 0.05) is 24.7 Å². The van der Waals surface area contributed by atoms with Gasteiger partial charge < -0.3 is 10.1 Å². The van der Waals surface area contributed by atoms with Crippen molar-refractivity contribution in [2.75, 3.05) is 17.7 Å². The Bertz CT molecular complexity index is 281. The fraction of sp³-hybridized carbons (Fsp3) is 0.556. The van der Waals surface area contributed by atoms with Crippen LogP contribution in [0.15, 0.2) is 12.3 Å². The molecule has 5 heteroatoms. The Kier molecular flexibility index (Phi) is 4.46. The maximum Gasteiger partial charge on any atom is 0.225 e. The summed E-state index contributed by atoms with van der Waals surface area (Å²) in [5.41, 5.74) is 0. The summed E-state index contributed by atoms with van der Waals surface area (Å²) in [5.74, 6) is 1.65. The number of hydrogen-bond donors (Lipinski definition) is 1. The van der Waals surface area contributed by atoms with Crippen LogP contribution in [0.4, 0.5) is 5.95 Å². The Balaban J connectivity index is 2.59. The minimum absolute atomic E-state index is 0.116. The lowest BCUT2D eigenvalue weighted by Gasteiger charge is -2.09. The van der Waals surface area contributed by atoms with Crippen LogP contribution >= 0.6 is 11.6 Å². The van der Waals surface area contributed by atoms with E-state index in [4.69, 9.17) is 16.3 Å². The fourth-order valence-electron chi connectivity index (χ4n) is 0.893. The maximum absolute atomic E-state index is 5.53. The first-order valence-electron chi connectivity index (χ1n) is 4.52. The molecular weight excluding hydrogens is 202 g/mol. The predicted octanol–water partition coefficient (Wildman–Crippen LogP) is 1.91. The van der Waals surface area contributed by atoms with Crippen molar-refractivity contribution < 1.29 is 4.74 Å². The number of nitrogens with one attached hydrogen (secondary N) is 1. The molecule has 0 amide bonds. The van der Waals surface area contributed by atoms with Gasteiger partial charge in [0.1, 0.15) is 0 Å². The number of halogens is 1. The van der Waals surface area contributed by atoms with Gasteiger partial charge in [0.25, 0.3) is 0 Å². The molecule has 0 atom stereocenters. The molecule has 4 nitrogen and oxygen atoms in total. The molecule has 0 bridgehead atoms. The van der Waals surface area contributed by atoms with Crippen LogP contribution in [0.5, 0.6) is 5.88 Å². The van der Waals surface area contributed by atoms with Crippen molar-refractivity contribution in [2.45, 2.75) is 20.0 Å². The summed E-state index contributed by atoms with van der Waals surface area (Å²) in [6.45, 7) is 4.55. The fourth-order valence-corrected chi connectivity index (χ4v) is 0.988. The van der Waals surface area contributed by atoms with E-state index in [1.54, 1.807) is 12.3 Å². The summed E-state index contributed by atoms with van der Waals surface area (Å²) in [7, 11) is 0. The Labute approximate surface area is 88.7 Å². The molecule has 14 heavy (non-hydrogen) atoms. The molecule has 0 aliphatic rings. The monoisotopic (exact) mass is 215 g/mol. The van der Waals surface area contributed by atoms with Crippen molar-refractivity contribution in [1.82, 2.24) is 9.97 Å². The average Bonchev–Trinajstić information content (AvgIpc) is 2.14. The molecule has 0 aliphatic carbocycles. The molecule has 78 valence electrons. The standard InChI is InChI=1S/C9H14ClN3O/c1-7(2)14-8-3-5-11-9(13-8)12-6-4-10/h3,5,7H,4,6H2,1-2H3,(H,11,12,13). The number of hydrogen-bond acceptors (Lipinski definition) is 4. The van der Waals surface area contributed by atoms with E-state index in [1.807, 2.05) is 13.8 Å². The first-order chi connectivity index (χ1) is 6.72. The lowest BCUT2D eigenvalue weighted by Crippen LogP contribution is -2.10. The topological polar surface area (TPSA) is 47.0 Å². The van der Waals surface area contributed by atoms with E-state index in [2.05, 4.69) is 15.3 Å². The van der Waals surface area contributed by atoms with Gasteiger partial charge in [-0.25, -0.2) is 4.98 Å². The smallest absolute Gasteiger partial charge is 0.225 e. The van der Waals surface area contributed by atoms with Gasteiger partial charge in [-0.2, -0.15) is 4.98 Å². The van der Waals surface area contributed by atoms with Crippen molar-refractivity contribution in [3.8, 4) is 5.88 Å². The number of nitrogens with zero attached hydrogens (tertiary/aromatic N) is 2. The highest BCUT2D eigenvalue weighted by Gasteiger charge is 2.00. The van der Waals surface area contributed by atoms with Crippen molar-refractivity contribution in [3.63, 3.8) is 0 Å². The Morgan fingerprint density at radius 1 is 1.57 bits per heavy atom. The summed E-state index contributed by atoms with van der Waals surface area (Å²) < 4.78 is 5.41. The number of ether oxygens (including phenoxy) is 1. The van der Waals surface area contributed by atoms with Crippen LogP contribution in [0.25, 0.3) is 0 Å². The van der Waals surface area contributed by atoms with Gasteiger partial charge in [-0.3, -0.25) is 0 Å². The molecule has 0 saturated carbocycles. The van der Waals surface area contributed by atoms with Crippen LogP contribution in [0.1, 0.15) is 13.8 Å². The van der Waals surface area contributed by atoms with Crippen molar-refractivity contribution >= 4 is 17.5 Å². The van der Waals surface area contributed by atoms with Crippen molar-refractivity contribution in [3.05, 3.63) is 12.3 Å². The summed E-state index contributed by atoms with van der Waals surface area (Å²) in [6, 6.07) is 1.73. The molecule has 0 radical (unpaired) electrons. The third-order valence-corrected chi connectivity index (χ3v) is 1.55. The molecule has 1 aromatic heterocycles. The lowest BCUT2D eigenvalue weighted by molar-refractivity contribution is 0.232. The number of rotatable bonds is 5. The van der Waals surface area contributed by atoms with Gasteiger partial charge in [0.2, 0.25) is 11.8 Å². The minimum Gasteiger partial charge on any atom is -0.475 e. The first-order valence-corrected chi connectivity index (χ1v) is 5.05. The zero-order valence-electron chi connectivity index (χ0n) is 8.33. The largest absolute Gasteiger partial charge is 0.475 e. The van der Waals surface area contributed by atoms with E-state index >= 15 is 0 Å². The van der Waals surface area contributed by atoms with E-state index in [0.29, 0.717) is 24.3 Å². The van der Waals surface area contributed by atoms with Gasteiger partial charge in [-0.15, -0.1) is 11.6 Å². The van der Waals surface area contributed by atoms with Gasteiger partial charge in [-0.1, -0.05) is 0 Å². The highest BCUT2D eigenvalue weighted by atomic mass is 35.5. The highest BCUT2D eigenvalue weighted by Crippen LogP contribution is 2.09. The first kappa shape index (κ1) is 11.0. The molecule has 0 aliphatic heterocycles. The molecular formula is C9H14ClN3O. The Morgan fingerprint density at radius 3 is 3.00 bits per heavy atom. The quantitative estimate of drug-likeness (QED) is 0.763. The summed E-state index contributed by atoms with van der Waals surface area (Å²) in [5, 5.41) is 2.97. The Morgan fingerprint density at radius 2 is 2.36 bits per heavy atom. The summed E-state index contributed by atoms with van der Waals surface area (Å²) in [4.78, 5) is 8.17. The molecule has 0 saturated heterocycles. The maximum atomic E-state index is 5.53. The van der Waals surface area contributed by atoms with E-state index < -0.39 is 0 Å². The lowest BCUT2D eigenvalue weighted by atomic mass is 10.5. The average molecular weight is 216 g/mol. The summed E-state index contributed by atoms with van der Waals surface area (Å²) in [6.07, 6.45) is 1.77. The molecule has 1 N–H and O–H groups in total. The molecule has 1 heterocycles. The highest BCUT2D eigenvalue weighted by molar-refractivity contribution is 6.18. The van der Waals surface area contributed by atoms with E-state index in [9.17, 15) is 0 Å². The van der Waals surface area contributed by atoms with Crippen molar-refractivity contribution in [1.29, 1.82) is 0 Å². The normalized spacial score (nSPS) is 10.3. The number of aromatic nitrogens is 2. The van der Waals surface area contributed by atoms with Gasteiger partial charge in [0.15, 0.2) is 0 Å². The second kappa shape index (κ2) is 5.65. The molecule has 1 rings (SSSR count). The third-order valence-electron chi connectivity index (χ3n) is 1.36. The van der Waals surface area contributed by atoms with Crippen molar-refractivity contribution in [2.24, 2.45) is 0 Å². The van der Waals surface area contributed by atoms with Gasteiger partial charge in [0.05, 0.1) is 6.10 Å². The van der Waals surface area contributed by atoms with E-state index in [1.165, 1.54) is 0 Å². The number of alkyl halides is 1. The molecule has 0 aromatic carbocycles. The molecule has 0 spiro atoms. The van der Waals surface area contributed by atoms with Crippen LogP contribution in [0.3, 0.4) is 0 Å². The van der Waals surface area contributed by atoms with E-state index in [-0.39, 0.29) is 6.10 Å². The SMILES string of the molecule is CC(C)Oc1ccnc(NCCCl)n1. The van der Waals surface area contributed by atoms with Crippen LogP contribution in [-0.4, -0.2) is 28.5 Å². The molecule has 1 aromatic rings. The van der Waals surface area contributed by atoms with Crippen LogP contribution in [0, 0.1) is 0 Å². The van der Waals surface area contributed by atoms with Crippen LogP contribution in [0.2, 0.25) is 0 Å². The van der Waals surface area contributed by atoms with Gasteiger partial charge in [-0.05, 0) is 13.8 Å². The van der Waals surface area contributed by atoms with E-state index in [0.717, 1.165) is 0 Å². The second-order valence-electron chi connectivity index (χ2n) is 3.00. The molecule has 0 unspecified atom stereocenters.